The second-order valence-electron chi connectivity index (χ2n) is 4.93. The lowest BCUT2D eigenvalue weighted by Gasteiger charge is -2.25. The minimum atomic E-state index is 0.425. The lowest BCUT2D eigenvalue weighted by atomic mass is 9.98. The molecule has 0 radical (unpaired) electrons. The van der Waals surface area contributed by atoms with Gasteiger partial charge in [-0.25, -0.2) is 4.98 Å². The van der Waals surface area contributed by atoms with Gasteiger partial charge >= 0.3 is 0 Å². The number of anilines is 2. The van der Waals surface area contributed by atoms with Gasteiger partial charge in [0.25, 0.3) is 0 Å². The number of aromatic nitrogens is 1. The van der Waals surface area contributed by atoms with Crippen LogP contribution in [0.1, 0.15) is 30.9 Å². The van der Waals surface area contributed by atoms with Crippen LogP contribution in [0.3, 0.4) is 0 Å². The molecule has 0 unspecified atom stereocenters. The fourth-order valence-corrected chi connectivity index (χ4v) is 2.58. The zero-order valence-electron chi connectivity index (χ0n) is 11.0. The fourth-order valence-electron chi connectivity index (χ4n) is 2.58. The molecule has 1 aliphatic rings. The van der Waals surface area contributed by atoms with Crippen molar-refractivity contribution in [3.63, 3.8) is 0 Å². The molecule has 98 valence electrons. The van der Waals surface area contributed by atoms with Crippen molar-refractivity contribution in [1.82, 2.24) is 10.3 Å². The van der Waals surface area contributed by atoms with E-state index in [1.54, 1.807) is 0 Å². The first kappa shape index (κ1) is 12.2. The molecule has 0 aliphatic carbocycles. The first-order chi connectivity index (χ1) is 9.43. The maximum Gasteiger partial charge on any atom is 0.135 e. The summed E-state index contributed by atoms with van der Waals surface area (Å²) in [5.74, 6) is 0.966. The van der Waals surface area contributed by atoms with Gasteiger partial charge in [0.1, 0.15) is 5.82 Å². The van der Waals surface area contributed by atoms with Crippen molar-refractivity contribution in [3.05, 3.63) is 54.2 Å². The molecule has 1 saturated heterocycles. The molecule has 2 aromatic rings. The maximum atomic E-state index is 4.50. The van der Waals surface area contributed by atoms with Crippen LogP contribution in [0.4, 0.5) is 11.5 Å². The monoisotopic (exact) mass is 253 g/mol. The topological polar surface area (TPSA) is 37.0 Å². The predicted octanol–water partition coefficient (Wildman–Crippen LogP) is 3.64. The molecule has 0 bridgehead atoms. The molecular formula is C16H19N3. The van der Waals surface area contributed by atoms with E-state index in [2.05, 4.69) is 33.8 Å². The Kier molecular flexibility index (Phi) is 3.75. The molecule has 0 spiro atoms. The molecule has 1 atom stereocenters. The van der Waals surface area contributed by atoms with Crippen LogP contribution >= 0.6 is 0 Å². The molecule has 1 aromatic heterocycles. The summed E-state index contributed by atoms with van der Waals surface area (Å²) < 4.78 is 0. The summed E-state index contributed by atoms with van der Waals surface area (Å²) in [6.45, 7) is 1.10. The Labute approximate surface area is 114 Å². The van der Waals surface area contributed by atoms with Gasteiger partial charge in [-0.2, -0.15) is 0 Å². The Balaban J connectivity index is 1.84. The number of rotatable bonds is 3. The summed E-state index contributed by atoms with van der Waals surface area (Å²) in [6.07, 6.45) is 5.60. The minimum absolute atomic E-state index is 0.425. The van der Waals surface area contributed by atoms with Gasteiger partial charge in [-0.3, -0.25) is 0 Å². The second-order valence-corrected chi connectivity index (χ2v) is 4.93. The molecule has 1 aromatic carbocycles. The summed E-state index contributed by atoms with van der Waals surface area (Å²) in [5, 5.41) is 7.00. The van der Waals surface area contributed by atoms with Crippen LogP contribution in [-0.2, 0) is 0 Å². The summed E-state index contributed by atoms with van der Waals surface area (Å²) in [5.41, 5.74) is 2.35. The molecule has 0 amide bonds. The van der Waals surface area contributed by atoms with E-state index in [-0.39, 0.29) is 0 Å². The van der Waals surface area contributed by atoms with Gasteiger partial charge in [0.05, 0.1) is 0 Å². The third-order valence-electron chi connectivity index (χ3n) is 3.56. The number of nitrogens with one attached hydrogen (secondary N) is 2. The molecule has 1 fully saturated rings. The number of para-hydroxylation sites is 1. The SMILES string of the molecule is c1ccc(Nc2ncccc2[C@H]2CCCCN2)cc1. The zero-order valence-corrected chi connectivity index (χ0v) is 11.0. The smallest absolute Gasteiger partial charge is 0.135 e. The maximum absolute atomic E-state index is 4.50. The number of pyridine rings is 1. The van der Waals surface area contributed by atoms with E-state index in [4.69, 9.17) is 0 Å². The first-order valence-corrected chi connectivity index (χ1v) is 6.94. The van der Waals surface area contributed by atoms with Crippen LogP contribution < -0.4 is 10.6 Å². The lowest BCUT2D eigenvalue weighted by molar-refractivity contribution is 0.412. The van der Waals surface area contributed by atoms with Gasteiger partial charge in [0.15, 0.2) is 0 Å². The standard InChI is InChI=1S/C16H19N3/c1-2-7-13(8-3-1)19-16-14(9-6-12-18-16)15-10-4-5-11-17-15/h1-3,6-9,12,15,17H,4-5,10-11H2,(H,18,19)/t15-/m1/s1. The van der Waals surface area contributed by atoms with Gasteiger partial charge in [-0.15, -0.1) is 0 Å². The van der Waals surface area contributed by atoms with Crippen LogP contribution in [0, 0.1) is 0 Å². The van der Waals surface area contributed by atoms with Crippen molar-refractivity contribution < 1.29 is 0 Å². The van der Waals surface area contributed by atoms with Crippen molar-refractivity contribution in [2.24, 2.45) is 0 Å². The van der Waals surface area contributed by atoms with E-state index in [1.165, 1.54) is 24.8 Å². The first-order valence-electron chi connectivity index (χ1n) is 6.94. The fraction of sp³-hybridized carbons (Fsp3) is 0.312. The van der Waals surface area contributed by atoms with E-state index in [0.29, 0.717) is 6.04 Å². The van der Waals surface area contributed by atoms with Crippen molar-refractivity contribution in [2.75, 3.05) is 11.9 Å². The quantitative estimate of drug-likeness (QED) is 0.877. The predicted molar refractivity (Wildman–Crippen MR) is 78.6 cm³/mol. The third kappa shape index (κ3) is 2.93. The summed E-state index contributed by atoms with van der Waals surface area (Å²) in [6, 6.07) is 14.8. The van der Waals surface area contributed by atoms with Crippen molar-refractivity contribution in [2.45, 2.75) is 25.3 Å². The van der Waals surface area contributed by atoms with E-state index in [9.17, 15) is 0 Å². The zero-order chi connectivity index (χ0) is 12.9. The number of piperidine rings is 1. The van der Waals surface area contributed by atoms with Crippen LogP contribution in [0.25, 0.3) is 0 Å². The molecular weight excluding hydrogens is 234 g/mol. The number of nitrogens with zero attached hydrogens (tertiary/aromatic N) is 1. The minimum Gasteiger partial charge on any atom is -0.340 e. The Morgan fingerprint density at radius 2 is 1.95 bits per heavy atom. The number of hydrogen-bond acceptors (Lipinski definition) is 3. The van der Waals surface area contributed by atoms with E-state index in [0.717, 1.165) is 18.1 Å². The van der Waals surface area contributed by atoms with Crippen LogP contribution in [0.15, 0.2) is 48.7 Å². The molecule has 2 heterocycles. The number of benzene rings is 1. The van der Waals surface area contributed by atoms with Gasteiger partial charge in [-0.1, -0.05) is 30.7 Å². The molecule has 19 heavy (non-hydrogen) atoms. The Bertz CT molecular complexity index is 519. The van der Waals surface area contributed by atoms with E-state index >= 15 is 0 Å². The highest BCUT2D eigenvalue weighted by Gasteiger charge is 2.18. The highest BCUT2D eigenvalue weighted by molar-refractivity contribution is 5.59. The third-order valence-corrected chi connectivity index (χ3v) is 3.56. The number of hydrogen-bond donors (Lipinski definition) is 2. The highest BCUT2D eigenvalue weighted by atomic mass is 15.0. The normalized spacial score (nSPS) is 19.1. The summed E-state index contributed by atoms with van der Waals surface area (Å²) in [4.78, 5) is 4.50. The van der Waals surface area contributed by atoms with Crippen molar-refractivity contribution in [3.8, 4) is 0 Å². The molecule has 2 N–H and O–H groups in total. The van der Waals surface area contributed by atoms with Crippen LogP contribution in [0.2, 0.25) is 0 Å². The largest absolute Gasteiger partial charge is 0.340 e. The van der Waals surface area contributed by atoms with Gasteiger partial charge in [0, 0.05) is 23.5 Å². The molecule has 1 aliphatic heterocycles. The molecule has 0 saturated carbocycles. The average Bonchev–Trinajstić information content (AvgIpc) is 2.50. The van der Waals surface area contributed by atoms with Gasteiger partial charge < -0.3 is 10.6 Å². The average molecular weight is 253 g/mol. The van der Waals surface area contributed by atoms with E-state index in [1.807, 2.05) is 30.5 Å². The molecule has 3 rings (SSSR count). The van der Waals surface area contributed by atoms with Crippen molar-refractivity contribution >= 4 is 11.5 Å². The Morgan fingerprint density at radius 3 is 2.74 bits per heavy atom. The Hall–Kier alpha value is -1.87. The van der Waals surface area contributed by atoms with Crippen LogP contribution in [0.5, 0.6) is 0 Å². The highest BCUT2D eigenvalue weighted by Crippen LogP contribution is 2.29. The summed E-state index contributed by atoms with van der Waals surface area (Å²) >= 11 is 0. The lowest BCUT2D eigenvalue weighted by Crippen LogP contribution is -2.27. The van der Waals surface area contributed by atoms with Gasteiger partial charge in [0.2, 0.25) is 0 Å². The van der Waals surface area contributed by atoms with Crippen molar-refractivity contribution in [1.29, 1.82) is 0 Å². The van der Waals surface area contributed by atoms with E-state index < -0.39 is 0 Å². The van der Waals surface area contributed by atoms with Crippen LogP contribution in [-0.4, -0.2) is 11.5 Å². The molecule has 3 heteroatoms. The second kappa shape index (κ2) is 5.85. The Morgan fingerprint density at radius 1 is 1.05 bits per heavy atom. The van der Waals surface area contributed by atoms with Gasteiger partial charge in [-0.05, 0) is 37.6 Å². The molecule has 3 nitrogen and oxygen atoms in total. The summed E-state index contributed by atoms with van der Waals surface area (Å²) in [7, 11) is 0.